The average molecular weight is 131 g/mol. The van der Waals surface area contributed by atoms with E-state index in [-0.39, 0.29) is 0 Å². The molecule has 1 rings (SSSR count). The maximum Gasteiger partial charge on any atom is 0.0188 e. The van der Waals surface area contributed by atoms with Gasteiger partial charge in [0.05, 0.1) is 0 Å². The summed E-state index contributed by atoms with van der Waals surface area (Å²) < 4.78 is 0. The van der Waals surface area contributed by atoms with Crippen molar-refractivity contribution in [1.82, 2.24) is 4.90 Å². The van der Waals surface area contributed by atoms with Crippen LogP contribution in [0.5, 0.6) is 0 Å². The third-order valence-corrected chi connectivity index (χ3v) is 2.78. The molecule has 0 bridgehead atoms. The van der Waals surface area contributed by atoms with Gasteiger partial charge in [0.25, 0.3) is 0 Å². The summed E-state index contributed by atoms with van der Waals surface area (Å²) >= 11 is 2.07. The smallest absolute Gasteiger partial charge is 0.0188 e. The van der Waals surface area contributed by atoms with Gasteiger partial charge in [-0.1, -0.05) is 0 Å². The van der Waals surface area contributed by atoms with Crippen LogP contribution in [0.25, 0.3) is 0 Å². The zero-order valence-corrected chi connectivity index (χ0v) is 6.37. The molecule has 0 spiro atoms. The maximum absolute atomic E-state index is 2.32. The normalized spacial score (nSPS) is 29.6. The van der Waals surface area contributed by atoms with Crippen molar-refractivity contribution in [3.8, 4) is 0 Å². The first-order valence-electron chi connectivity index (χ1n) is 3.05. The van der Waals surface area contributed by atoms with Crippen LogP contribution in [0.3, 0.4) is 0 Å². The average Bonchev–Trinajstić information content (AvgIpc) is 2.12. The van der Waals surface area contributed by atoms with Crippen LogP contribution in [0.15, 0.2) is 0 Å². The van der Waals surface area contributed by atoms with Crippen LogP contribution >= 0.6 is 11.8 Å². The predicted molar refractivity (Wildman–Crippen MR) is 39.4 cm³/mol. The molecule has 1 aliphatic rings. The minimum atomic E-state index is 0.861. The second kappa shape index (κ2) is 2.74. The molecule has 0 saturated carbocycles. The molecule has 0 aromatic rings. The van der Waals surface area contributed by atoms with Crippen LogP contribution in [0.2, 0.25) is 0 Å². The van der Waals surface area contributed by atoms with Crippen LogP contribution in [-0.2, 0) is 0 Å². The van der Waals surface area contributed by atoms with E-state index >= 15 is 0 Å². The highest BCUT2D eigenvalue weighted by Gasteiger charge is 2.16. The largest absolute Gasteiger partial charge is 0.306 e. The molecule has 1 aliphatic heterocycles. The molecule has 0 N–H and O–H groups in total. The summed E-state index contributed by atoms with van der Waals surface area (Å²) in [5.41, 5.74) is 0. The summed E-state index contributed by atoms with van der Waals surface area (Å²) in [7, 11) is 4.33. The Kier molecular flexibility index (Phi) is 2.20. The first kappa shape index (κ1) is 6.43. The Bertz CT molecular complexity index is 66.9. The minimum absolute atomic E-state index is 0.861. The van der Waals surface area contributed by atoms with Crippen LogP contribution in [0.1, 0.15) is 6.42 Å². The summed E-state index contributed by atoms with van der Waals surface area (Å²) in [6.07, 6.45) is 1.39. The summed E-state index contributed by atoms with van der Waals surface area (Å²) in [4.78, 5) is 2.32. The molecule has 1 fully saturated rings. The van der Waals surface area contributed by atoms with E-state index in [2.05, 4.69) is 30.8 Å². The van der Waals surface area contributed by atoms with Crippen molar-refractivity contribution in [2.45, 2.75) is 12.5 Å². The highest BCUT2D eigenvalue weighted by Crippen LogP contribution is 2.19. The minimum Gasteiger partial charge on any atom is -0.306 e. The SMILES string of the molecule is CN(C)C1CCSC1. The molecule has 2 heteroatoms. The Morgan fingerprint density at radius 1 is 1.50 bits per heavy atom. The lowest BCUT2D eigenvalue weighted by Crippen LogP contribution is -2.26. The van der Waals surface area contributed by atoms with Gasteiger partial charge in [0.15, 0.2) is 0 Å². The van der Waals surface area contributed by atoms with Gasteiger partial charge in [-0.15, -0.1) is 0 Å². The zero-order valence-electron chi connectivity index (χ0n) is 5.55. The number of thioether (sulfide) groups is 1. The lowest BCUT2D eigenvalue weighted by atomic mass is 10.2. The summed E-state index contributed by atoms with van der Waals surface area (Å²) in [5, 5.41) is 0. The van der Waals surface area contributed by atoms with Gasteiger partial charge in [-0.25, -0.2) is 0 Å². The van der Waals surface area contributed by atoms with E-state index in [1.54, 1.807) is 0 Å². The van der Waals surface area contributed by atoms with Crippen molar-refractivity contribution in [2.24, 2.45) is 0 Å². The van der Waals surface area contributed by atoms with E-state index in [0.717, 1.165) is 6.04 Å². The van der Waals surface area contributed by atoms with Crippen molar-refractivity contribution in [3.05, 3.63) is 0 Å². The third kappa shape index (κ3) is 1.39. The standard InChI is InChI=1S/C6H13NS/c1-7(2)6-3-4-8-5-6/h6H,3-5H2,1-2H3. The van der Waals surface area contributed by atoms with Crippen molar-refractivity contribution in [1.29, 1.82) is 0 Å². The fraction of sp³-hybridized carbons (Fsp3) is 1.00. The van der Waals surface area contributed by atoms with Crippen molar-refractivity contribution in [3.63, 3.8) is 0 Å². The Hall–Kier alpha value is 0.310. The van der Waals surface area contributed by atoms with Crippen LogP contribution < -0.4 is 0 Å². The topological polar surface area (TPSA) is 3.24 Å². The van der Waals surface area contributed by atoms with E-state index in [1.165, 1.54) is 17.9 Å². The Morgan fingerprint density at radius 3 is 2.50 bits per heavy atom. The van der Waals surface area contributed by atoms with E-state index in [4.69, 9.17) is 0 Å². The first-order chi connectivity index (χ1) is 3.80. The molecule has 1 atom stereocenters. The predicted octanol–water partition coefficient (Wildman–Crippen LogP) is 1.05. The Balaban J connectivity index is 2.24. The highest BCUT2D eigenvalue weighted by molar-refractivity contribution is 7.99. The van der Waals surface area contributed by atoms with E-state index < -0.39 is 0 Å². The van der Waals surface area contributed by atoms with Gasteiger partial charge < -0.3 is 4.90 Å². The Labute approximate surface area is 55.4 Å². The second-order valence-corrected chi connectivity index (χ2v) is 3.63. The van der Waals surface area contributed by atoms with Crippen LogP contribution in [-0.4, -0.2) is 36.5 Å². The van der Waals surface area contributed by atoms with E-state index in [0.29, 0.717) is 0 Å². The maximum atomic E-state index is 2.32. The van der Waals surface area contributed by atoms with Crippen molar-refractivity contribution in [2.75, 3.05) is 25.6 Å². The van der Waals surface area contributed by atoms with Crippen molar-refractivity contribution < 1.29 is 0 Å². The third-order valence-electron chi connectivity index (χ3n) is 1.64. The van der Waals surface area contributed by atoms with Gasteiger partial charge in [-0.2, -0.15) is 11.8 Å². The molecule has 1 heterocycles. The quantitative estimate of drug-likeness (QED) is 0.523. The van der Waals surface area contributed by atoms with E-state index in [9.17, 15) is 0 Å². The monoisotopic (exact) mass is 131 g/mol. The van der Waals surface area contributed by atoms with Crippen molar-refractivity contribution >= 4 is 11.8 Å². The molecule has 0 aromatic carbocycles. The fourth-order valence-corrected chi connectivity index (χ4v) is 2.27. The fourth-order valence-electron chi connectivity index (χ4n) is 0.929. The van der Waals surface area contributed by atoms with Gasteiger partial charge >= 0.3 is 0 Å². The van der Waals surface area contributed by atoms with E-state index in [1.807, 2.05) is 0 Å². The second-order valence-electron chi connectivity index (χ2n) is 2.48. The molecule has 0 amide bonds. The molecule has 1 nitrogen and oxygen atoms in total. The number of hydrogen-bond donors (Lipinski definition) is 0. The lowest BCUT2D eigenvalue weighted by Gasteiger charge is -2.16. The molecule has 0 aromatic heterocycles. The molecule has 48 valence electrons. The van der Waals surface area contributed by atoms with Crippen LogP contribution in [0.4, 0.5) is 0 Å². The van der Waals surface area contributed by atoms with Gasteiger partial charge in [0, 0.05) is 11.8 Å². The number of nitrogens with zero attached hydrogens (tertiary/aromatic N) is 1. The molecular weight excluding hydrogens is 118 g/mol. The molecule has 1 saturated heterocycles. The number of rotatable bonds is 1. The summed E-state index contributed by atoms with van der Waals surface area (Å²) in [6, 6.07) is 0.861. The lowest BCUT2D eigenvalue weighted by molar-refractivity contribution is 0.320. The summed E-state index contributed by atoms with van der Waals surface area (Å²) in [6.45, 7) is 0. The molecule has 8 heavy (non-hydrogen) atoms. The first-order valence-corrected chi connectivity index (χ1v) is 4.20. The molecule has 0 aliphatic carbocycles. The molecular formula is C6H13NS. The van der Waals surface area contributed by atoms with Gasteiger partial charge in [-0.3, -0.25) is 0 Å². The Morgan fingerprint density at radius 2 is 2.25 bits per heavy atom. The molecule has 1 unspecified atom stereocenters. The van der Waals surface area contributed by atoms with Crippen LogP contribution in [0, 0.1) is 0 Å². The van der Waals surface area contributed by atoms with Gasteiger partial charge in [0.1, 0.15) is 0 Å². The zero-order chi connectivity index (χ0) is 5.98. The highest BCUT2D eigenvalue weighted by atomic mass is 32.2. The number of hydrogen-bond acceptors (Lipinski definition) is 2. The summed E-state index contributed by atoms with van der Waals surface area (Å²) in [5.74, 6) is 2.70. The van der Waals surface area contributed by atoms with Gasteiger partial charge in [0.2, 0.25) is 0 Å². The van der Waals surface area contributed by atoms with Gasteiger partial charge in [-0.05, 0) is 26.3 Å². The molecule has 0 radical (unpaired) electrons.